The second-order valence-corrected chi connectivity index (χ2v) is 6.03. The summed E-state index contributed by atoms with van der Waals surface area (Å²) < 4.78 is 0. The number of nitrogens with zero attached hydrogens (tertiary/aromatic N) is 2. The zero-order valence-electron chi connectivity index (χ0n) is 13.5. The van der Waals surface area contributed by atoms with Crippen LogP contribution in [0.25, 0.3) is 11.3 Å². The maximum Gasteiger partial charge on any atom is 0.259 e. The molecule has 0 radical (unpaired) electrons. The molecule has 1 amide bonds. The largest absolute Gasteiger partial charge is 0.322 e. The van der Waals surface area contributed by atoms with Gasteiger partial charge in [0, 0.05) is 17.4 Å². The molecule has 0 unspecified atom stereocenters. The molecule has 0 bridgehead atoms. The number of carbonyl (C=O) groups is 1. The smallest absolute Gasteiger partial charge is 0.259 e. The van der Waals surface area contributed by atoms with Crippen molar-refractivity contribution in [3.8, 4) is 11.3 Å². The van der Waals surface area contributed by atoms with Crippen molar-refractivity contribution in [2.24, 2.45) is 0 Å². The highest BCUT2D eigenvalue weighted by atomic mass is 32.2. The summed E-state index contributed by atoms with van der Waals surface area (Å²) in [5.41, 5.74) is 3.79. The molecule has 0 aliphatic heterocycles. The third-order valence-electron chi connectivity index (χ3n) is 3.63. The number of thioether (sulfide) groups is 1. The van der Waals surface area contributed by atoms with E-state index in [4.69, 9.17) is 0 Å². The maximum atomic E-state index is 12.8. The Bertz CT molecular complexity index is 865. The minimum absolute atomic E-state index is 0.212. The van der Waals surface area contributed by atoms with E-state index in [9.17, 15) is 4.79 Å². The van der Waals surface area contributed by atoms with Crippen LogP contribution in [-0.4, -0.2) is 22.1 Å². The molecule has 1 N–H and O–H groups in total. The Morgan fingerprint density at radius 2 is 1.75 bits per heavy atom. The van der Waals surface area contributed by atoms with Gasteiger partial charge in [0.25, 0.3) is 5.91 Å². The maximum absolute atomic E-state index is 12.8. The standard InChI is InChI=1S/C19H17N3OS/c1-13-8-6-7-11-16(13)21-18(23)15-12-20-19(24-2)22-17(15)14-9-4-3-5-10-14/h3-12H,1-2H3,(H,21,23). The topological polar surface area (TPSA) is 54.9 Å². The Hall–Kier alpha value is -2.66. The van der Waals surface area contributed by atoms with E-state index in [0.29, 0.717) is 16.4 Å². The predicted molar refractivity (Wildman–Crippen MR) is 98.4 cm³/mol. The van der Waals surface area contributed by atoms with Crippen molar-refractivity contribution in [3.63, 3.8) is 0 Å². The highest BCUT2D eigenvalue weighted by Crippen LogP contribution is 2.24. The quantitative estimate of drug-likeness (QED) is 0.566. The van der Waals surface area contributed by atoms with Crippen LogP contribution in [0.1, 0.15) is 15.9 Å². The number of hydrogen-bond donors (Lipinski definition) is 1. The molecule has 0 atom stereocenters. The Balaban J connectivity index is 2.01. The summed E-state index contributed by atoms with van der Waals surface area (Å²) in [6.45, 7) is 1.96. The molecule has 0 saturated carbocycles. The van der Waals surface area contributed by atoms with Gasteiger partial charge in [-0.05, 0) is 24.8 Å². The average Bonchev–Trinajstić information content (AvgIpc) is 2.63. The molecule has 0 aliphatic carbocycles. The van der Waals surface area contributed by atoms with Crippen molar-refractivity contribution in [3.05, 3.63) is 71.9 Å². The van der Waals surface area contributed by atoms with E-state index in [0.717, 1.165) is 16.8 Å². The van der Waals surface area contributed by atoms with Crippen molar-refractivity contribution in [2.45, 2.75) is 12.1 Å². The molecule has 1 heterocycles. The van der Waals surface area contributed by atoms with Crippen molar-refractivity contribution >= 4 is 23.4 Å². The van der Waals surface area contributed by atoms with Crippen molar-refractivity contribution in [1.29, 1.82) is 0 Å². The molecule has 0 saturated heterocycles. The van der Waals surface area contributed by atoms with Gasteiger partial charge in [-0.15, -0.1) is 0 Å². The van der Waals surface area contributed by atoms with Gasteiger partial charge in [0.2, 0.25) is 0 Å². The van der Waals surface area contributed by atoms with E-state index in [1.54, 1.807) is 6.20 Å². The van der Waals surface area contributed by atoms with E-state index in [1.165, 1.54) is 11.8 Å². The summed E-state index contributed by atoms with van der Waals surface area (Å²) >= 11 is 1.45. The lowest BCUT2D eigenvalue weighted by Crippen LogP contribution is -2.15. The van der Waals surface area contributed by atoms with E-state index < -0.39 is 0 Å². The van der Waals surface area contributed by atoms with Crippen molar-refractivity contribution in [2.75, 3.05) is 11.6 Å². The Morgan fingerprint density at radius 1 is 1.04 bits per heavy atom. The number of aryl methyl sites for hydroxylation is 1. The van der Waals surface area contributed by atoms with Crippen LogP contribution in [0.2, 0.25) is 0 Å². The lowest BCUT2D eigenvalue weighted by molar-refractivity contribution is 0.102. The van der Waals surface area contributed by atoms with Gasteiger partial charge in [-0.1, -0.05) is 60.3 Å². The van der Waals surface area contributed by atoms with Gasteiger partial charge in [0.1, 0.15) is 0 Å². The minimum Gasteiger partial charge on any atom is -0.322 e. The molecule has 1 aromatic heterocycles. The lowest BCUT2D eigenvalue weighted by atomic mass is 10.1. The van der Waals surface area contributed by atoms with Crippen LogP contribution < -0.4 is 5.32 Å². The van der Waals surface area contributed by atoms with Gasteiger partial charge >= 0.3 is 0 Å². The number of aromatic nitrogens is 2. The van der Waals surface area contributed by atoms with Gasteiger partial charge in [0.05, 0.1) is 11.3 Å². The summed E-state index contributed by atoms with van der Waals surface area (Å²) in [7, 11) is 0. The van der Waals surface area contributed by atoms with Crippen LogP contribution in [0.15, 0.2) is 66.0 Å². The van der Waals surface area contributed by atoms with Crippen LogP contribution in [0.5, 0.6) is 0 Å². The van der Waals surface area contributed by atoms with E-state index in [2.05, 4.69) is 15.3 Å². The monoisotopic (exact) mass is 335 g/mol. The molecule has 5 heteroatoms. The zero-order valence-corrected chi connectivity index (χ0v) is 14.3. The van der Waals surface area contributed by atoms with Gasteiger partial charge in [0.15, 0.2) is 5.16 Å². The molecule has 2 aromatic carbocycles. The van der Waals surface area contributed by atoms with Crippen LogP contribution >= 0.6 is 11.8 Å². The fraction of sp³-hybridized carbons (Fsp3) is 0.105. The number of rotatable bonds is 4. The highest BCUT2D eigenvalue weighted by Gasteiger charge is 2.16. The van der Waals surface area contributed by atoms with Gasteiger partial charge in [-0.3, -0.25) is 4.79 Å². The SMILES string of the molecule is CSc1ncc(C(=O)Nc2ccccc2C)c(-c2ccccc2)n1. The number of carbonyl (C=O) groups excluding carboxylic acids is 1. The third kappa shape index (κ3) is 3.46. The van der Waals surface area contributed by atoms with Crippen LogP contribution in [0.3, 0.4) is 0 Å². The molecule has 0 spiro atoms. The minimum atomic E-state index is -0.212. The summed E-state index contributed by atoms with van der Waals surface area (Å²) in [5.74, 6) is -0.212. The summed E-state index contributed by atoms with van der Waals surface area (Å²) in [5, 5.41) is 3.59. The first kappa shape index (κ1) is 16.2. The molecule has 120 valence electrons. The average molecular weight is 335 g/mol. The third-order valence-corrected chi connectivity index (χ3v) is 4.20. The van der Waals surface area contributed by atoms with Crippen molar-refractivity contribution < 1.29 is 4.79 Å². The zero-order chi connectivity index (χ0) is 16.9. The summed E-state index contributed by atoms with van der Waals surface area (Å²) in [4.78, 5) is 21.6. The van der Waals surface area contributed by atoms with Gasteiger partial charge < -0.3 is 5.32 Å². The first-order valence-corrected chi connectivity index (χ1v) is 8.75. The summed E-state index contributed by atoms with van der Waals surface area (Å²) in [6.07, 6.45) is 3.51. The van der Waals surface area contributed by atoms with Crippen LogP contribution in [-0.2, 0) is 0 Å². The number of nitrogens with one attached hydrogen (secondary N) is 1. The molecular formula is C19H17N3OS. The Kier molecular flexibility index (Phi) is 4.91. The first-order valence-electron chi connectivity index (χ1n) is 7.52. The Labute approximate surface area is 145 Å². The Morgan fingerprint density at radius 3 is 2.46 bits per heavy atom. The van der Waals surface area contributed by atoms with Crippen molar-refractivity contribution in [1.82, 2.24) is 9.97 Å². The lowest BCUT2D eigenvalue weighted by Gasteiger charge is -2.11. The van der Waals surface area contributed by atoms with Crippen LogP contribution in [0, 0.1) is 6.92 Å². The van der Waals surface area contributed by atoms with E-state index >= 15 is 0 Å². The number of amides is 1. The van der Waals surface area contributed by atoms with E-state index in [1.807, 2.05) is 67.8 Å². The first-order chi connectivity index (χ1) is 11.7. The predicted octanol–water partition coefficient (Wildman–Crippen LogP) is 4.43. The fourth-order valence-electron chi connectivity index (χ4n) is 2.35. The second-order valence-electron chi connectivity index (χ2n) is 5.25. The highest BCUT2D eigenvalue weighted by molar-refractivity contribution is 7.98. The number of hydrogen-bond acceptors (Lipinski definition) is 4. The second kappa shape index (κ2) is 7.27. The van der Waals surface area contributed by atoms with Gasteiger partial charge in [-0.25, -0.2) is 9.97 Å². The molecule has 3 rings (SSSR count). The van der Waals surface area contributed by atoms with Gasteiger partial charge in [-0.2, -0.15) is 0 Å². The number of benzene rings is 2. The molecule has 4 nitrogen and oxygen atoms in total. The normalized spacial score (nSPS) is 10.4. The molecule has 3 aromatic rings. The number of para-hydroxylation sites is 1. The van der Waals surface area contributed by atoms with Crippen LogP contribution in [0.4, 0.5) is 5.69 Å². The molecule has 0 aliphatic rings. The summed E-state index contributed by atoms with van der Waals surface area (Å²) in [6, 6.07) is 17.4. The molecular weight excluding hydrogens is 318 g/mol. The molecule has 24 heavy (non-hydrogen) atoms. The number of anilines is 1. The fourth-order valence-corrected chi connectivity index (χ4v) is 2.69. The van der Waals surface area contributed by atoms with E-state index in [-0.39, 0.29) is 5.91 Å². The molecule has 0 fully saturated rings.